The Morgan fingerprint density at radius 1 is 1.45 bits per heavy atom. The molecule has 11 heavy (non-hydrogen) atoms. The quantitative estimate of drug-likeness (QED) is 0.530. The molecule has 0 fully saturated rings. The fourth-order valence-electron chi connectivity index (χ4n) is 0.858. The molecule has 0 saturated heterocycles. The van der Waals surface area contributed by atoms with Crippen molar-refractivity contribution >= 4 is 13.7 Å². The molecule has 0 aromatic rings. The van der Waals surface area contributed by atoms with E-state index in [0.717, 1.165) is 19.6 Å². The first-order valence-electron chi connectivity index (χ1n) is 4.06. The van der Waals surface area contributed by atoms with E-state index in [1.807, 2.05) is 0 Å². The largest absolute Gasteiger partial charge is 0.473 e. The Labute approximate surface area is 69.1 Å². The molecule has 0 spiro atoms. The lowest BCUT2D eigenvalue weighted by Crippen LogP contribution is -2.27. The normalized spacial score (nSPS) is 10.1. The highest BCUT2D eigenvalue weighted by Crippen LogP contribution is 1.86. The number of nitrogens with zero attached hydrogens (tertiary/aromatic N) is 1. The molecule has 0 aliphatic heterocycles. The topological polar surface area (TPSA) is 29.5 Å². The molecule has 0 heterocycles. The summed E-state index contributed by atoms with van der Waals surface area (Å²) in [7, 11) is 1.43. The van der Waals surface area contributed by atoms with Crippen LogP contribution in [0.3, 0.4) is 0 Å². The summed E-state index contributed by atoms with van der Waals surface area (Å²) in [6.45, 7) is 7.56. The fourth-order valence-corrected chi connectivity index (χ4v) is 0.858. The Hall–Kier alpha value is -0.505. The number of hydrogen-bond donors (Lipinski definition) is 0. The second-order valence-electron chi connectivity index (χ2n) is 2.37. The van der Waals surface area contributed by atoms with E-state index in [-0.39, 0.29) is 5.87 Å². The maximum absolute atomic E-state index is 10.4. The molecule has 0 saturated carbocycles. The minimum absolute atomic E-state index is 0.197. The van der Waals surface area contributed by atoms with Crippen LogP contribution in [0.4, 0.5) is 4.79 Å². The summed E-state index contributed by atoms with van der Waals surface area (Å²) in [5.74, 6) is -0.197. The van der Waals surface area contributed by atoms with Gasteiger partial charge in [0.1, 0.15) is 6.61 Å². The second-order valence-corrected chi connectivity index (χ2v) is 2.37. The third-order valence-corrected chi connectivity index (χ3v) is 1.61. The molecule has 0 radical (unpaired) electrons. The van der Waals surface area contributed by atoms with Crippen molar-refractivity contribution in [1.82, 2.24) is 4.90 Å². The Kier molecular flexibility index (Phi) is 5.94. The molecule has 3 nitrogen and oxygen atoms in total. The van der Waals surface area contributed by atoms with Gasteiger partial charge in [-0.2, -0.15) is 0 Å². The van der Waals surface area contributed by atoms with Gasteiger partial charge in [-0.15, -0.1) is 0 Å². The average molecular weight is 157 g/mol. The second kappa shape index (κ2) is 6.22. The molecule has 0 aromatic heterocycles. The standard InChI is InChI=1S/C7H16BNO2/c1-3-9(4-2)5-6-11-7(8)10/h3-6,8H2,1-2H3. The van der Waals surface area contributed by atoms with Crippen LogP contribution in [0, 0.1) is 0 Å². The Bertz CT molecular complexity index is 115. The fraction of sp³-hybridized carbons (Fsp3) is 0.857. The van der Waals surface area contributed by atoms with E-state index in [4.69, 9.17) is 4.74 Å². The molecule has 0 amide bonds. The van der Waals surface area contributed by atoms with Gasteiger partial charge in [0.2, 0.25) is 13.7 Å². The Balaban J connectivity index is 3.28. The first kappa shape index (κ1) is 10.5. The third kappa shape index (κ3) is 5.92. The first-order valence-corrected chi connectivity index (χ1v) is 4.06. The minimum atomic E-state index is -0.197. The van der Waals surface area contributed by atoms with Crippen molar-refractivity contribution in [1.29, 1.82) is 0 Å². The van der Waals surface area contributed by atoms with Crippen molar-refractivity contribution < 1.29 is 9.53 Å². The molecule has 0 rings (SSSR count). The van der Waals surface area contributed by atoms with Crippen LogP contribution in [0.15, 0.2) is 0 Å². The van der Waals surface area contributed by atoms with Crippen molar-refractivity contribution in [3.63, 3.8) is 0 Å². The van der Waals surface area contributed by atoms with Gasteiger partial charge in [0.25, 0.3) is 0 Å². The molecular weight excluding hydrogens is 141 g/mol. The van der Waals surface area contributed by atoms with Gasteiger partial charge in [0.05, 0.1) is 0 Å². The lowest BCUT2D eigenvalue weighted by molar-refractivity contribution is 0.152. The van der Waals surface area contributed by atoms with E-state index in [1.165, 1.54) is 7.85 Å². The average Bonchev–Trinajstić information content (AvgIpc) is 1.98. The molecule has 64 valence electrons. The van der Waals surface area contributed by atoms with E-state index < -0.39 is 0 Å². The smallest absolute Gasteiger partial charge is 0.243 e. The lowest BCUT2D eigenvalue weighted by atomic mass is 10.2. The number of rotatable bonds is 5. The van der Waals surface area contributed by atoms with Gasteiger partial charge in [0.15, 0.2) is 0 Å². The number of carbonyl (C=O) groups is 1. The lowest BCUT2D eigenvalue weighted by Gasteiger charge is -2.16. The summed E-state index contributed by atoms with van der Waals surface area (Å²) in [5.41, 5.74) is 0. The molecule has 0 aromatic carbocycles. The molecule has 0 aliphatic rings. The Morgan fingerprint density at radius 3 is 2.36 bits per heavy atom. The maximum atomic E-state index is 10.4. The van der Waals surface area contributed by atoms with Crippen LogP contribution in [-0.4, -0.2) is 44.9 Å². The third-order valence-electron chi connectivity index (χ3n) is 1.61. The van der Waals surface area contributed by atoms with Gasteiger partial charge >= 0.3 is 0 Å². The predicted octanol–water partition coefficient (Wildman–Crippen LogP) is 0.0979. The van der Waals surface area contributed by atoms with Gasteiger partial charge in [-0.05, 0) is 13.1 Å². The van der Waals surface area contributed by atoms with Crippen LogP contribution in [-0.2, 0) is 4.74 Å². The first-order chi connectivity index (χ1) is 5.20. The van der Waals surface area contributed by atoms with Gasteiger partial charge in [-0.3, -0.25) is 4.79 Å². The van der Waals surface area contributed by atoms with Crippen molar-refractivity contribution in [2.45, 2.75) is 13.8 Å². The number of hydrogen-bond acceptors (Lipinski definition) is 3. The highest BCUT2D eigenvalue weighted by Gasteiger charge is 1.98. The zero-order valence-electron chi connectivity index (χ0n) is 7.59. The zero-order valence-corrected chi connectivity index (χ0v) is 7.59. The van der Waals surface area contributed by atoms with Gasteiger partial charge < -0.3 is 9.64 Å². The van der Waals surface area contributed by atoms with Crippen LogP contribution >= 0.6 is 0 Å². The van der Waals surface area contributed by atoms with Crippen LogP contribution in [0.2, 0.25) is 0 Å². The molecule has 4 heteroatoms. The number of likely N-dealkylation sites (N-methyl/N-ethyl adjacent to an activating group) is 1. The van der Waals surface area contributed by atoms with Crippen molar-refractivity contribution in [3.05, 3.63) is 0 Å². The maximum Gasteiger partial charge on any atom is 0.243 e. The number of ether oxygens (including phenoxy) is 1. The van der Waals surface area contributed by atoms with E-state index in [0.29, 0.717) is 6.61 Å². The highest BCUT2D eigenvalue weighted by molar-refractivity contribution is 6.55. The van der Waals surface area contributed by atoms with E-state index >= 15 is 0 Å². The van der Waals surface area contributed by atoms with Crippen LogP contribution in [0.1, 0.15) is 13.8 Å². The zero-order chi connectivity index (χ0) is 8.69. The summed E-state index contributed by atoms with van der Waals surface area (Å²) in [6.07, 6.45) is 0. The molecule has 0 N–H and O–H groups in total. The van der Waals surface area contributed by atoms with Gasteiger partial charge in [-0.25, -0.2) is 0 Å². The van der Waals surface area contributed by atoms with Crippen LogP contribution in [0.25, 0.3) is 0 Å². The highest BCUT2D eigenvalue weighted by atomic mass is 16.5. The summed E-state index contributed by atoms with van der Waals surface area (Å²) >= 11 is 0. The molecular formula is C7H16BNO2. The molecule has 0 unspecified atom stereocenters. The van der Waals surface area contributed by atoms with Crippen molar-refractivity contribution in [3.8, 4) is 0 Å². The summed E-state index contributed by atoms with van der Waals surface area (Å²) in [6, 6.07) is 0. The SMILES string of the molecule is BC(=O)OCCN(CC)CC. The Morgan fingerprint density at radius 2 is 2.00 bits per heavy atom. The van der Waals surface area contributed by atoms with Gasteiger partial charge in [-0.1, -0.05) is 13.8 Å². The van der Waals surface area contributed by atoms with Crippen molar-refractivity contribution in [2.75, 3.05) is 26.2 Å². The van der Waals surface area contributed by atoms with Crippen molar-refractivity contribution in [2.24, 2.45) is 0 Å². The summed E-state index contributed by atoms with van der Waals surface area (Å²) in [5, 5.41) is 0. The van der Waals surface area contributed by atoms with Gasteiger partial charge in [0, 0.05) is 6.54 Å². The van der Waals surface area contributed by atoms with Crippen LogP contribution < -0.4 is 0 Å². The van der Waals surface area contributed by atoms with E-state index in [2.05, 4.69) is 18.7 Å². The van der Waals surface area contributed by atoms with Crippen LogP contribution in [0.5, 0.6) is 0 Å². The summed E-state index contributed by atoms with van der Waals surface area (Å²) in [4.78, 5) is 12.6. The monoisotopic (exact) mass is 157 g/mol. The molecule has 0 atom stereocenters. The number of carbonyl (C=O) groups excluding carboxylic acids is 1. The minimum Gasteiger partial charge on any atom is -0.473 e. The van der Waals surface area contributed by atoms with E-state index in [9.17, 15) is 4.79 Å². The summed E-state index contributed by atoms with van der Waals surface area (Å²) < 4.78 is 4.80. The molecule has 0 bridgehead atoms. The molecule has 0 aliphatic carbocycles. The van der Waals surface area contributed by atoms with E-state index in [1.54, 1.807) is 0 Å². The predicted molar refractivity (Wildman–Crippen MR) is 47.7 cm³/mol.